The van der Waals surface area contributed by atoms with Crippen molar-refractivity contribution in [2.45, 2.75) is 18.8 Å². The molecule has 0 saturated carbocycles. The molecule has 108 valence electrons. The number of para-hydroxylation sites is 1. The standard InChI is InChI=1S/C14H15N5O2/c20-14(16-10-4-2-1-3-5-10)18-7-12-13(8-18)21-9-11-6-15-17-19(11)12/h1-6,12-13H,7-9H2,(H,16,20)/t12-,13?/m1/s1. The van der Waals surface area contributed by atoms with Gasteiger partial charge in [-0.05, 0) is 12.1 Å². The van der Waals surface area contributed by atoms with E-state index in [0.29, 0.717) is 19.7 Å². The van der Waals surface area contributed by atoms with Crippen LogP contribution in [-0.2, 0) is 11.3 Å². The number of nitrogens with zero attached hydrogens (tertiary/aromatic N) is 4. The Labute approximate surface area is 121 Å². The molecule has 2 atom stereocenters. The van der Waals surface area contributed by atoms with Crippen LogP contribution in [0, 0.1) is 0 Å². The van der Waals surface area contributed by atoms with Crippen LogP contribution in [0.5, 0.6) is 0 Å². The van der Waals surface area contributed by atoms with Crippen molar-refractivity contribution in [1.29, 1.82) is 0 Å². The maximum absolute atomic E-state index is 12.3. The summed E-state index contributed by atoms with van der Waals surface area (Å²) in [6, 6.07) is 9.38. The van der Waals surface area contributed by atoms with E-state index < -0.39 is 0 Å². The SMILES string of the molecule is O=C(Nc1ccccc1)N1CC2OCc3cnnn3[C@@H]2C1. The fourth-order valence-corrected chi connectivity index (χ4v) is 2.89. The van der Waals surface area contributed by atoms with Gasteiger partial charge in [0.05, 0.1) is 37.2 Å². The van der Waals surface area contributed by atoms with Crippen LogP contribution in [0.1, 0.15) is 11.7 Å². The lowest BCUT2D eigenvalue weighted by atomic mass is 10.2. The molecule has 21 heavy (non-hydrogen) atoms. The monoisotopic (exact) mass is 285 g/mol. The van der Waals surface area contributed by atoms with Gasteiger partial charge in [0, 0.05) is 12.2 Å². The smallest absolute Gasteiger partial charge is 0.322 e. The Bertz CT molecular complexity index is 656. The molecule has 0 aliphatic carbocycles. The third-order valence-electron chi connectivity index (χ3n) is 3.96. The average molecular weight is 285 g/mol. The Hall–Kier alpha value is -2.41. The summed E-state index contributed by atoms with van der Waals surface area (Å²) in [5.74, 6) is 0. The zero-order chi connectivity index (χ0) is 14.2. The number of amides is 2. The van der Waals surface area contributed by atoms with E-state index in [-0.39, 0.29) is 18.2 Å². The second kappa shape index (κ2) is 4.85. The first-order valence-corrected chi connectivity index (χ1v) is 6.93. The van der Waals surface area contributed by atoms with Crippen molar-refractivity contribution in [3.63, 3.8) is 0 Å². The van der Waals surface area contributed by atoms with Gasteiger partial charge in [0.1, 0.15) is 0 Å². The van der Waals surface area contributed by atoms with Crippen LogP contribution in [0.2, 0.25) is 0 Å². The van der Waals surface area contributed by atoms with Crippen LogP contribution in [0.25, 0.3) is 0 Å². The first-order valence-electron chi connectivity index (χ1n) is 6.93. The van der Waals surface area contributed by atoms with Crippen molar-refractivity contribution < 1.29 is 9.53 Å². The number of rotatable bonds is 1. The van der Waals surface area contributed by atoms with Crippen LogP contribution < -0.4 is 5.32 Å². The summed E-state index contributed by atoms with van der Waals surface area (Å²) >= 11 is 0. The number of urea groups is 1. The van der Waals surface area contributed by atoms with Crippen molar-refractivity contribution in [1.82, 2.24) is 19.9 Å². The van der Waals surface area contributed by atoms with Crippen LogP contribution >= 0.6 is 0 Å². The molecule has 2 amide bonds. The van der Waals surface area contributed by atoms with Gasteiger partial charge in [-0.3, -0.25) is 0 Å². The third-order valence-corrected chi connectivity index (χ3v) is 3.96. The van der Waals surface area contributed by atoms with Gasteiger partial charge in [0.2, 0.25) is 0 Å². The van der Waals surface area contributed by atoms with Crippen molar-refractivity contribution in [3.8, 4) is 0 Å². The van der Waals surface area contributed by atoms with Crippen molar-refractivity contribution in [3.05, 3.63) is 42.2 Å². The molecule has 1 unspecified atom stereocenters. The first kappa shape index (κ1) is 12.3. The largest absolute Gasteiger partial charge is 0.368 e. The van der Waals surface area contributed by atoms with Crippen molar-refractivity contribution >= 4 is 11.7 Å². The highest BCUT2D eigenvalue weighted by molar-refractivity contribution is 5.89. The van der Waals surface area contributed by atoms with E-state index in [2.05, 4.69) is 15.6 Å². The quantitative estimate of drug-likeness (QED) is 0.856. The van der Waals surface area contributed by atoms with Crippen LogP contribution in [0.15, 0.2) is 36.5 Å². The summed E-state index contributed by atoms with van der Waals surface area (Å²) in [7, 11) is 0. The highest BCUT2D eigenvalue weighted by Gasteiger charge is 2.41. The topological polar surface area (TPSA) is 72.3 Å². The molecule has 3 heterocycles. The van der Waals surface area contributed by atoms with Gasteiger partial charge in [0.25, 0.3) is 0 Å². The number of hydrogen-bond donors (Lipinski definition) is 1. The van der Waals surface area contributed by atoms with E-state index in [0.717, 1.165) is 11.4 Å². The molecule has 7 heteroatoms. The van der Waals surface area contributed by atoms with E-state index in [4.69, 9.17) is 4.74 Å². The van der Waals surface area contributed by atoms with Gasteiger partial charge >= 0.3 is 6.03 Å². The molecule has 2 aliphatic rings. The fourth-order valence-electron chi connectivity index (χ4n) is 2.89. The maximum atomic E-state index is 12.3. The molecule has 1 saturated heterocycles. The average Bonchev–Trinajstić information content (AvgIpc) is 3.14. The molecule has 0 bridgehead atoms. The van der Waals surface area contributed by atoms with E-state index in [9.17, 15) is 4.79 Å². The number of carbonyl (C=O) groups excluding carboxylic acids is 1. The second-order valence-corrected chi connectivity index (χ2v) is 5.29. The molecule has 4 rings (SSSR count). The second-order valence-electron chi connectivity index (χ2n) is 5.29. The molecular formula is C14H15N5O2. The zero-order valence-corrected chi connectivity index (χ0v) is 11.3. The molecular weight excluding hydrogens is 270 g/mol. The lowest BCUT2D eigenvalue weighted by molar-refractivity contribution is -0.00433. The minimum Gasteiger partial charge on any atom is -0.368 e. The molecule has 1 aromatic heterocycles. The lowest BCUT2D eigenvalue weighted by Gasteiger charge is -2.25. The molecule has 0 radical (unpaired) electrons. The zero-order valence-electron chi connectivity index (χ0n) is 11.3. The van der Waals surface area contributed by atoms with Gasteiger partial charge in [-0.25, -0.2) is 9.48 Å². The van der Waals surface area contributed by atoms with Crippen LogP contribution in [0.3, 0.4) is 0 Å². The van der Waals surface area contributed by atoms with E-state index >= 15 is 0 Å². The summed E-state index contributed by atoms with van der Waals surface area (Å²) in [5, 5.41) is 10.9. The molecule has 0 spiro atoms. The Morgan fingerprint density at radius 2 is 2.14 bits per heavy atom. The summed E-state index contributed by atoms with van der Waals surface area (Å²) in [4.78, 5) is 14.1. The maximum Gasteiger partial charge on any atom is 0.322 e. The highest BCUT2D eigenvalue weighted by Crippen LogP contribution is 2.30. The third kappa shape index (κ3) is 2.15. The van der Waals surface area contributed by atoms with Crippen LogP contribution in [0.4, 0.5) is 10.5 Å². The lowest BCUT2D eigenvalue weighted by Crippen LogP contribution is -2.34. The number of likely N-dealkylation sites (tertiary alicyclic amines) is 1. The minimum atomic E-state index is -0.110. The summed E-state index contributed by atoms with van der Waals surface area (Å²) < 4.78 is 7.67. The normalized spacial score (nSPS) is 23.5. The predicted molar refractivity (Wildman–Crippen MR) is 74.7 cm³/mol. The Morgan fingerprint density at radius 3 is 3.00 bits per heavy atom. The van der Waals surface area contributed by atoms with Crippen LogP contribution in [-0.4, -0.2) is 45.1 Å². The fraction of sp³-hybridized carbons (Fsp3) is 0.357. The number of hydrogen-bond acceptors (Lipinski definition) is 4. The molecule has 7 nitrogen and oxygen atoms in total. The van der Waals surface area contributed by atoms with E-state index in [1.54, 1.807) is 11.1 Å². The molecule has 2 aliphatic heterocycles. The number of anilines is 1. The first-order chi connectivity index (χ1) is 10.3. The van der Waals surface area contributed by atoms with Gasteiger partial charge in [-0.1, -0.05) is 23.4 Å². The number of fused-ring (bicyclic) bond motifs is 3. The summed E-state index contributed by atoms with van der Waals surface area (Å²) in [6.07, 6.45) is 1.70. The number of benzene rings is 1. The van der Waals surface area contributed by atoms with Gasteiger partial charge in [-0.2, -0.15) is 0 Å². The molecule has 1 fully saturated rings. The number of aromatic nitrogens is 3. The summed E-state index contributed by atoms with van der Waals surface area (Å²) in [6.45, 7) is 1.66. The van der Waals surface area contributed by atoms with Gasteiger partial charge in [-0.15, -0.1) is 5.10 Å². The van der Waals surface area contributed by atoms with E-state index in [1.807, 2.05) is 35.0 Å². The van der Waals surface area contributed by atoms with E-state index in [1.165, 1.54) is 0 Å². The summed E-state index contributed by atoms with van der Waals surface area (Å²) in [5.41, 5.74) is 1.75. The predicted octanol–water partition coefficient (Wildman–Crippen LogP) is 1.27. The van der Waals surface area contributed by atoms with Crippen molar-refractivity contribution in [2.75, 3.05) is 18.4 Å². The van der Waals surface area contributed by atoms with Crippen molar-refractivity contribution in [2.24, 2.45) is 0 Å². The Kier molecular flexibility index (Phi) is 2.85. The minimum absolute atomic E-state index is 0.0132. The highest BCUT2D eigenvalue weighted by atomic mass is 16.5. The molecule has 1 N–H and O–H groups in total. The molecule has 1 aromatic carbocycles. The van der Waals surface area contributed by atoms with Gasteiger partial charge < -0.3 is 15.0 Å². The number of nitrogens with one attached hydrogen (secondary N) is 1. The number of carbonyl (C=O) groups is 1. The van der Waals surface area contributed by atoms with Gasteiger partial charge in [0.15, 0.2) is 0 Å². The Morgan fingerprint density at radius 1 is 1.29 bits per heavy atom. The molecule has 2 aromatic rings. The number of ether oxygens (including phenoxy) is 1. The Balaban J connectivity index is 1.48.